The van der Waals surface area contributed by atoms with E-state index in [1.165, 1.54) is 19.3 Å². The van der Waals surface area contributed by atoms with E-state index in [2.05, 4.69) is 5.32 Å². The average Bonchev–Trinajstić information content (AvgIpc) is 2.05. The Kier molecular flexibility index (Phi) is 3.89. The van der Waals surface area contributed by atoms with Gasteiger partial charge in [0, 0.05) is 11.8 Å². The highest BCUT2D eigenvalue weighted by Crippen LogP contribution is 2.29. The predicted octanol–water partition coefficient (Wildman–Crippen LogP) is 1.91. The molecule has 1 fully saturated rings. The topological polar surface area (TPSA) is 46.2 Å². The molecule has 3 heteroatoms. The molecule has 0 spiro atoms. The van der Waals surface area contributed by atoms with Gasteiger partial charge in [0.1, 0.15) is 0 Å². The Bertz CT molecular complexity index is 249. The molecular weight excluding hydrogens is 190 g/mol. The summed E-state index contributed by atoms with van der Waals surface area (Å²) in [5.41, 5.74) is -0.357. The molecule has 86 valence electrons. The second-order valence-corrected chi connectivity index (χ2v) is 5.45. The van der Waals surface area contributed by atoms with E-state index < -0.39 is 0 Å². The van der Waals surface area contributed by atoms with Crippen LogP contribution in [0.4, 0.5) is 0 Å². The van der Waals surface area contributed by atoms with E-state index in [1.54, 1.807) is 0 Å². The van der Waals surface area contributed by atoms with Crippen LogP contribution in [0, 0.1) is 11.3 Å². The molecule has 0 radical (unpaired) electrons. The molecule has 1 aliphatic rings. The van der Waals surface area contributed by atoms with Crippen LogP contribution < -0.4 is 5.32 Å². The van der Waals surface area contributed by atoms with Crippen LogP contribution >= 0.6 is 0 Å². The molecule has 1 N–H and O–H groups in total. The van der Waals surface area contributed by atoms with Gasteiger partial charge in [-0.15, -0.1) is 0 Å². The summed E-state index contributed by atoms with van der Waals surface area (Å²) in [5, 5.41) is 2.70. The smallest absolute Gasteiger partial charge is 0.220 e. The highest BCUT2D eigenvalue weighted by Gasteiger charge is 2.23. The first-order valence-electron chi connectivity index (χ1n) is 5.69. The highest BCUT2D eigenvalue weighted by molar-refractivity contribution is 5.89. The van der Waals surface area contributed by atoms with Crippen LogP contribution in [0.25, 0.3) is 0 Å². The Hall–Kier alpha value is -0.860. The van der Waals surface area contributed by atoms with Gasteiger partial charge < -0.3 is 5.32 Å². The SMILES string of the molecule is CC(C)(C)C(=O)CNC(=O)CC1CCC1. The molecule has 0 aromatic heterocycles. The zero-order valence-corrected chi connectivity index (χ0v) is 9.93. The number of carbonyl (C=O) groups excluding carboxylic acids is 2. The summed E-state index contributed by atoms with van der Waals surface area (Å²) in [6.45, 7) is 5.78. The molecule has 15 heavy (non-hydrogen) atoms. The van der Waals surface area contributed by atoms with Gasteiger partial charge in [0.25, 0.3) is 0 Å². The second kappa shape index (κ2) is 4.77. The first kappa shape index (κ1) is 12.2. The lowest BCUT2D eigenvalue weighted by Gasteiger charge is -2.24. The van der Waals surface area contributed by atoms with Crippen molar-refractivity contribution in [3.63, 3.8) is 0 Å². The lowest BCUT2D eigenvalue weighted by molar-refractivity contribution is -0.129. The summed E-state index contributed by atoms with van der Waals surface area (Å²) < 4.78 is 0. The lowest BCUT2D eigenvalue weighted by atomic mass is 9.83. The molecule has 0 saturated heterocycles. The number of Topliss-reactive ketones (excluding diaryl/α,β-unsaturated/α-hetero) is 1. The Balaban J connectivity index is 2.18. The van der Waals surface area contributed by atoms with Crippen molar-refractivity contribution >= 4 is 11.7 Å². The number of carbonyl (C=O) groups is 2. The number of hydrogen-bond donors (Lipinski definition) is 1. The summed E-state index contributed by atoms with van der Waals surface area (Å²) in [4.78, 5) is 22.9. The summed E-state index contributed by atoms with van der Waals surface area (Å²) in [6.07, 6.45) is 4.18. The van der Waals surface area contributed by atoms with Gasteiger partial charge in [0.2, 0.25) is 5.91 Å². The van der Waals surface area contributed by atoms with Gasteiger partial charge in [-0.2, -0.15) is 0 Å². The van der Waals surface area contributed by atoms with Crippen molar-refractivity contribution in [3.05, 3.63) is 0 Å². The van der Waals surface area contributed by atoms with Gasteiger partial charge in [0.15, 0.2) is 5.78 Å². The molecule has 0 bridgehead atoms. The van der Waals surface area contributed by atoms with Crippen LogP contribution in [0.2, 0.25) is 0 Å². The van der Waals surface area contributed by atoms with Crippen molar-refractivity contribution < 1.29 is 9.59 Å². The normalized spacial score (nSPS) is 17.0. The molecule has 0 atom stereocenters. The third-order valence-corrected chi connectivity index (χ3v) is 2.98. The molecule has 0 unspecified atom stereocenters. The Labute approximate surface area is 91.6 Å². The average molecular weight is 211 g/mol. The standard InChI is InChI=1S/C12H21NO2/c1-12(2,3)10(14)8-13-11(15)7-9-5-4-6-9/h9H,4-8H2,1-3H3,(H,13,15). The first-order valence-corrected chi connectivity index (χ1v) is 5.69. The quantitative estimate of drug-likeness (QED) is 0.772. The van der Waals surface area contributed by atoms with E-state index in [0.717, 1.165) is 0 Å². The zero-order valence-electron chi connectivity index (χ0n) is 9.93. The first-order chi connectivity index (χ1) is 6.89. The van der Waals surface area contributed by atoms with Gasteiger partial charge in [-0.05, 0) is 18.8 Å². The predicted molar refractivity (Wildman–Crippen MR) is 59.4 cm³/mol. The van der Waals surface area contributed by atoms with Crippen LogP contribution in [0.5, 0.6) is 0 Å². The van der Waals surface area contributed by atoms with Gasteiger partial charge in [-0.3, -0.25) is 9.59 Å². The Morgan fingerprint density at radius 3 is 2.27 bits per heavy atom. The fraction of sp³-hybridized carbons (Fsp3) is 0.833. The van der Waals surface area contributed by atoms with E-state index in [1.807, 2.05) is 20.8 Å². The lowest BCUT2D eigenvalue weighted by Crippen LogP contribution is -2.36. The molecule has 3 nitrogen and oxygen atoms in total. The molecule has 1 rings (SSSR count). The monoisotopic (exact) mass is 211 g/mol. The minimum atomic E-state index is -0.357. The van der Waals surface area contributed by atoms with E-state index in [-0.39, 0.29) is 23.7 Å². The maximum absolute atomic E-state index is 11.5. The van der Waals surface area contributed by atoms with Crippen LogP contribution in [0.15, 0.2) is 0 Å². The van der Waals surface area contributed by atoms with Crippen LogP contribution in [0.1, 0.15) is 46.5 Å². The van der Waals surface area contributed by atoms with Crippen molar-refractivity contribution in [2.24, 2.45) is 11.3 Å². The van der Waals surface area contributed by atoms with Gasteiger partial charge >= 0.3 is 0 Å². The van der Waals surface area contributed by atoms with E-state index >= 15 is 0 Å². The molecule has 0 heterocycles. The van der Waals surface area contributed by atoms with E-state index in [9.17, 15) is 9.59 Å². The molecule has 0 aromatic rings. The van der Waals surface area contributed by atoms with Crippen LogP contribution in [0.3, 0.4) is 0 Å². The number of nitrogens with one attached hydrogen (secondary N) is 1. The van der Waals surface area contributed by atoms with Crippen molar-refractivity contribution in [1.29, 1.82) is 0 Å². The van der Waals surface area contributed by atoms with Crippen molar-refractivity contribution in [2.45, 2.75) is 46.5 Å². The molecule has 1 amide bonds. The largest absolute Gasteiger partial charge is 0.349 e. The minimum Gasteiger partial charge on any atom is -0.349 e. The van der Waals surface area contributed by atoms with Gasteiger partial charge in [-0.1, -0.05) is 27.2 Å². The Morgan fingerprint density at radius 1 is 1.27 bits per heavy atom. The molecule has 1 aliphatic carbocycles. The Morgan fingerprint density at radius 2 is 1.87 bits per heavy atom. The fourth-order valence-corrected chi connectivity index (χ4v) is 1.48. The maximum Gasteiger partial charge on any atom is 0.220 e. The fourth-order valence-electron chi connectivity index (χ4n) is 1.48. The third kappa shape index (κ3) is 4.02. The number of rotatable bonds is 4. The van der Waals surface area contributed by atoms with Crippen LogP contribution in [-0.2, 0) is 9.59 Å². The summed E-state index contributed by atoms with van der Waals surface area (Å²) in [7, 11) is 0. The van der Waals surface area contributed by atoms with Crippen LogP contribution in [-0.4, -0.2) is 18.2 Å². The highest BCUT2D eigenvalue weighted by atomic mass is 16.2. The summed E-state index contributed by atoms with van der Waals surface area (Å²) >= 11 is 0. The molecule has 0 aliphatic heterocycles. The number of amides is 1. The minimum absolute atomic E-state index is 0.0253. The molecule has 0 aromatic carbocycles. The van der Waals surface area contributed by atoms with Crippen molar-refractivity contribution in [2.75, 3.05) is 6.54 Å². The third-order valence-electron chi connectivity index (χ3n) is 2.98. The van der Waals surface area contributed by atoms with E-state index in [4.69, 9.17) is 0 Å². The van der Waals surface area contributed by atoms with E-state index in [0.29, 0.717) is 12.3 Å². The zero-order chi connectivity index (χ0) is 11.5. The second-order valence-electron chi connectivity index (χ2n) is 5.45. The van der Waals surface area contributed by atoms with Crippen molar-refractivity contribution in [3.8, 4) is 0 Å². The molecular formula is C12H21NO2. The summed E-state index contributed by atoms with van der Waals surface area (Å²) in [5.74, 6) is 0.677. The number of ketones is 1. The van der Waals surface area contributed by atoms with Gasteiger partial charge in [0.05, 0.1) is 6.54 Å². The van der Waals surface area contributed by atoms with Gasteiger partial charge in [-0.25, -0.2) is 0 Å². The van der Waals surface area contributed by atoms with Crippen molar-refractivity contribution in [1.82, 2.24) is 5.32 Å². The maximum atomic E-state index is 11.5. The summed E-state index contributed by atoms with van der Waals surface area (Å²) in [6, 6.07) is 0. The number of hydrogen-bond acceptors (Lipinski definition) is 2. The molecule has 1 saturated carbocycles.